The highest BCUT2D eigenvalue weighted by atomic mass is 32.1. The van der Waals surface area contributed by atoms with Crippen molar-refractivity contribution in [2.75, 3.05) is 49.5 Å². The Morgan fingerprint density at radius 3 is 2.68 bits per heavy atom. The van der Waals surface area contributed by atoms with E-state index in [0.29, 0.717) is 6.54 Å². The van der Waals surface area contributed by atoms with E-state index in [0.717, 1.165) is 63.5 Å². The normalized spacial score (nSPS) is 14.7. The topological polar surface area (TPSA) is 60.5 Å². The van der Waals surface area contributed by atoms with Crippen LogP contribution in [0.1, 0.15) is 25.3 Å². The summed E-state index contributed by atoms with van der Waals surface area (Å²) in [5.74, 6) is 1.13. The van der Waals surface area contributed by atoms with Crippen LogP contribution in [0.5, 0.6) is 0 Å². The Hall–Kier alpha value is -2.64. The Balaban J connectivity index is 1.28. The molecule has 2 aromatic carbocycles. The average molecular weight is 438 g/mol. The Kier molecular flexibility index (Phi) is 7.38. The number of piperazine rings is 1. The molecular formula is C24H31N5OS. The number of hydrogen-bond acceptors (Lipinski definition) is 5. The molecular weight excluding hydrogens is 406 g/mol. The van der Waals surface area contributed by atoms with Crippen LogP contribution in [0.2, 0.25) is 0 Å². The SMILES string of the molecule is CCCCNC(=O)Nc1ccccc1CCN1CCN(c2nsc3ccccc23)CC1. The lowest BCUT2D eigenvalue weighted by molar-refractivity contribution is 0.252. The number of rotatable bonds is 8. The van der Waals surface area contributed by atoms with Gasteiger partial charge in [0.25, 0.3) is 0 Å². The molecule has 0 aliphatic carbocycles. The van der Waals surface area contributed by atoms with Crippen molar-refractivity contribution in [3.8, 4) is 0 Å². The zero-order valence-corrected chi connectivity index (χ0v) is 19.0. The first-order valence-electron chi connectivity index (χ1n) is 11.2. The second-order valence-electron chi connectivity index (χ2n) is 7.97. The lowest BCUT2D eigenvalue weighted by Gasteiger charge is -2.35. The summed E-state index contributed by atoms with van der Waals surface area (Å²) < 4.78 is 5.96. The molecule has 31 heavy (non-hydrogen) atoms. The molecule has 1 aliphatic heterocycles. The molecule has 1 aromatic heterocycles. The van der Waals surface area contributed by atoms with Crippen molar-refractivity contribution in [3.63, 3.8) is 0 Å². The zero-order valence-electron chi connectivity index (χ0n) is 18.1. The molecule has 0 radical (unpaired) electrons. The summed E-state index contributed by atoms with van der Waals surface area (Å²) in [5.41, 5.74) is 2.09. The maximum Gasteiger partial charge on any atom is 0.319 e. The number of carbonyl (C=O) groups is 1. The molecule has 164 valence electrons. The van der Waals surface area contributed by atoms with Gasteiger partial charge in [-0.15, -0.1) is 0 Å². The fourth-order valence-electron chi connectivity index (χ4n) is 3.97. The van der Waals surface area contributed by atoms with E-state index < -0.39 is 0 Å². The van der Waals surface area contributed by atoms with Crippen molar-refractivity contribution >= 4 is 39.2 Å². The van der Waals surface area contributed by atoms with Gasteiger partial charge in [-0.2, -0.15) is 4.37 Å². The van der Waals surface area contributed by atoms with Gasteiger partial charge in [-0.05, 0) is 48.1 Å². The fourth-order valence-corrected chi connectivity index (χ4v) is 4.76. The smallest absolute Gasteiger partial charge is 0.319 e. The number of unbranched alkanes of at least 4 members (excludes halogenated alkanes) is 1. The van der Waals surface area contributed by atoms with Crippen molar-refractivity contribution in [1.29, 1.82) is 0 Å². The predicted octanol–water partition coefficient (Wildman–Crippen LogP) is 4.58. The average Bonchev–Trinajstić information content (AvgIpc) is 3.23. The minimum atomic E-state index is -0.120. The molecule has 0 unspecified atom stereocenters. The molecule has 0 saturated carbocycles. The van der Waals surface area contributed by atoms with Crippen molar-refractivity contribution in [2.45, 2.75) is 26.2 Å². The summed E-state index contributed by atoms with van der Waals surface area (Å²) in [6.45, 7) is 7.86. The lowest BCUT2D eigenvalue weighted by Crippen LogP contribution is -2.47. The van der Waals surface area contributed by atoms with Crippen LogP contribution in [-0.4, -0.2) is 54.6 Å². The van der Waals surface area contributed by atoms with E-state index in [2.05, 4.69) is 57.7 Å². The largest absolute Gasteiger partial charge is 0.353 e. The maximum atomic E-state index is 12.1. The highest BCUT2D eigenvalue weighted by Gasteiger charge is 2.20. The lowest BCUT2D eigenvalue weighted by atomic mass is 10.1. The van der Waals surface area contributed by atoms with Crippen molar-refractivity contribution < 1.29 is 4.79 Å². The number of anilines is 2. The van der Waals surface area contributed by atoms with Gasteiger partial charge in [-0.25, -0.2) is 4.79 Å². The highest BCUT2D eigenvalue weighted by Crippen LogP contribution is 2.29. The minimum Gasteiger partial charge on any atom is -0.353 e. The summed E-state index contributed by atoms with van der Waals surface area (Å²) in [6.07, 6.45) is 2.99. The van der Waals surface area contributed by atoms with E-state index in [4.69, 9.17) is 4.37 Å². The van der Waals surface area contributed by atoms with E-state index in [9.17, 15) is 4.79 Å². The standard InChI is InChI=1S/C24H31N5OS/c1-2-3-13-25-24(30)26-21-10-6-4-8-19(21)12-14-28-15-17-29(18-16-28)23-20-9-5-7-11-22(20)31-27-23/h4-11H,2-3,12-18H2,1H3,(H2,25,26,30). The Labute approximate surface area is 188 Å². The fraction of sp³-hybridized carbons (Fsp3) is 0.417. The number of carbonyl (C=O) groups excluding carboxylic acids is 1. The third kappa shape index (κ3) is 5.54. The molecule has 1 fully saturated rings. The molecule has 6 nitrogen and oxygen atoms in total. The number of benzene rings is 2. The van der Waals surface area contributed by atoms with Crippen LogP contribution < -0.4 is 15.5 Å². The zero-order chi connectivity index (χ0) is 21.5. The van der Waals surface area contributed by atoms with Gasteiger partial charge in [0.05, 0.1) is 4.70 Å². The number of aromatic nitrogens is 1. The van der Waals surface area contributed by atoms with Crippen LogP contribution in [0.15, 0.2) is 48.5 Å². The van der Waals surface area contributed by atoms with E-state index >= 15 is 0 Å². The number of urea groups is 1. The third-order valence-electron chi connectivity index (χ3n) is 5.81. The molecule has 1 aliphatic rings. The first-order valence-corrected chi connectivity index (χ1v) is 12.0. The number of nitrogens with one attached hydrogen (secondary N) is 2. The highest BCUT2D eigenvalue weighted by molar-refractivity contribution is 7.13. The van der Waals surface area contributed by atoms with Crippen LogP contribution in [0.4, 0.5) is 16.3 Å². The van der Waals surface area contributed by atoms with Gasteiger partial charge in [-0.3, -0.25) is 4.90 Å². The third-order valence-corrected chi connectivity index (χ3v) is 6.63. The maximum absolute atomic E-state index is 12.1. The van der Waals surface area contributed by atoms with Crippen LogP contribution in [0.3, 0.4) is 0 Å². The Morgan fingerprint density at radius 2 is 1.84 bits per heavy atom. The van der Waals surface area contributed by atoms with E-state index in [1.807, 2.05) is 18.2 Å². The summed E-state index contributed by atoms with van der Waals surface area (Å²) in [7, 11) is 0. The molecule has 1 saturated heterocycles. The van der Waals surface area contributed by atoms with Gasteiger partial charge >= 0.3 is 6.03 Å². The molecule has 3 aromatic rings. The van der Waals surface area contributed by atoms with Crippen LogP contribution >= 0.6 is 11.5 Å². The quantitative estimate of drug-likeness (QED) is 0.506. The van der Waals surface area contributed by atoms with Gasteiger partial charge in [0.15, 0.2) is 0 Å². The van der Waals surface area contributed by atoms with Gasteiger partial charge in [0.2, 0.25) is 0 Å². The van der Waals surface area contributed by atoms with E-state index in [-0.39, 0.29) is 6.03 Å². The molecule has 0 spiro atoms. The number of nitrogens with zero attached hydrogens (tertiary/aromatic N) is 3. The minimum absolute atomic E-state index is 0.120. The Morgan fingerprint density at radius 1 is 1.06 bits per heavy atom. The first kappa shape index (κ1) is 21.6. The molecule has 4 rings (SSSR count). The molecule has 2 N–H and O–H groups in total. The first-order chi connectivity index (χ1) is 15.2. The molecule has 7 heteroatoms. The molecule has 0 atom stereocenters. The van der Waals surface area contributed by atoms with Crippen LogP contribution in [0.25, 0.3) is 10.1 Å². The van der Waals surface area contributed by atoms with Crippen LogP contribution in [-0.2, 0) is 6.42 Å². The van der Waals surface area contributed by atoms with E-state index in [1.54, 1.807) is 11.5 Å². The number of para-hydroxylation sites is 1. The summed E-state index contributed by atoms with van der Waals surface area (Å²) >= 11 is 1.58. The predicted molar refractivity (Wildman–Crippen MR) is 130 cm³/mol. The van der Waals surface area contributed by atoms with Gasteiger partial charge in [0.1, 0.15) is 5.82 Å². The van der Waals surface area contributed by atoms with Crippen molar-refractivity contribution in [1.82, 2.24) is 14.6 Å². The number of hydrogen-bond donors (Lipinski definition) is 2. The van der Waals surface area contributed by atoms with E-state index in [1.165, 1.54) is 15.6 Å². The summed E-state index contributed by atoms with van der Waals surface area (Å²) in [4.78, 5) is 17.1. The van der Waals surface area contributed by atoms with Gasteiger partial charge in [0, 0.05) is 50.3 Å². The Bertz CT molecular complexity index is 996. The number of amides is 2. The van der Waals surface area contributed by atoms with Gasteiger partial charge < -0.3 is 15.5 Å². The summed E-state index contributed by atoms with van der Waals surface area (Å²) in [6, 6.07) is 16.5. The molecule has 2 amide bonds. The van der Waals surface area contributed by atoms with Crippen LogP contribution in [0, 0.1) is 0 Å². The molecule has 2 heterocycles. The monoisotopic (exact) mass is 437 g/mol. The summed E-state index contributed by atoms with van der Waals surface area (Å²) in [5, 5.41) is 7.20. The van der Waals surface area contributed by atoms with Crippen molar-refractivity contribution in [2.24, 2.45) is 0 Å². The van der Waals surface area contributed by atoms with Crippen molar-refractivity contribution in [3.05, 3.63) is 54.1 Å². The molecule has 0 bridgehead atoms. The van der Waals surface area contributed by atoms with Gasteiger partial charge in [-0.1, -0.05) is 43.7 Å². The second kappa shape index (κ2) is 10.6. The number of fused-ring (bicyclic) bond motifs is 1. The second-order valence-corrected chi connectivity index (χ2v) is 8.78.